The van der Waals surface area contributed by atoms with E-state index >= 15 is 0 Å². The summed E-state index contributed by atoms with van der Waals surface area (Å²) in [6, 6.07) is 0. The Bertz CT molecular complexity index is 374. The molecule has 1 saturated carbocycles. The van der Waals surface area contributed by atoms with Crippen molar-refractivity contribution in [2.45, 2.75) is 44.3 Å². The molecule has 3 atom stereocenters. The number of hydrogen-bond acceptors (Lipinski definition) is 2. The summed E-state index contributed by atoms with van der Waals surface area (Å²) in [5, 5.41) is 3.17. The van der Waals surface area contributed by atoms with Gasteiger partial charge in [0, 0.05) is 12.3 Å². The summed E-state index contributed by atoms with van der Waals surface area (Å²) in [6.45, 7) is 1.86. The van der Waals surface area contributed by atoms with Gasteiger partial charge in [-0.25, -0.2) is 4.39 Å². The van der Waals surface area contributed by atoms with Crippen molar-refractivity contribution in [2.75, 3.05) is 7.05 Å². The van der Waals surface area contributed by atoms with E-state index in [1.807, 2.05) is 20.0 Å². The van der Waals surface area contributed by atoms with Crippen molar-refractivity contribution < 1.29 is 9.18 Å². The lowest BCUT2D eigenvalue weighted by Gasteiger charge is -2.41. The predicted octanol–water partition coefficient (Wildman–Crippen LogP) is 2.56. The Kier molecular flexibility index (Phi) is 3.48. The second-order valence-corrected chi connectivity index (χ2v) is 5.03. The highest BCUT2D eigenvalue weighted by molar-refractivity contribution is 5.92. The standard InChI is InChI=1S/C14H20FNO/c1-10-11(6-5-7-12(10)15)14(16-2)9-4-3-8-13(14)17/h5-7,10,12,16H,3-4,8-9H2,1-2H3/t10?,12?,14-/m0/s1. The highest BCUT2D eigenvalue weighted by Gasteiger charge is 2.44. The van der Waals surface area contributed by atoms with E-state index in [0.717, 1.165) is 24.8 Å². The van der Waals surface area contributed by atoms with Gasteiger partial charge in [-0.15, -0.1) is 0 Å². The number of carbonyl (C=O) groups is 1. The van der Waals surface area contributed by atoms with Crippen molar-refractivity contribution in [3.8, 4) is 0 Å². The fourth-order valence-electron chi connectivity index (χ4n) is 3.03. The first-order valence-corrected chi connectivity index (χ1v) is 6.37. The van der Waals surface area contributed by atoms with Crippen LogP contribution in [0.15, 0.2) is 23.8 Å². The number of rotatable bonds is 2. The normalized spacial score (nSPS) is 38.1. The topological polar surface area (TPSA) is 29.1 Å². The van der Waals surface area contributed by atoms with Crippen molar-refractivity contribution in [1.29, 1.82) is 0 Å². The molecule has 2 unspecified atom stereocenters. The fourth-order valence-corrected chi connectivity index (χ4v) is 3.03. The summed E-state index contributed by atoms with van der Waals surface area (Å²) in [6.07, 6.45) is 7.61. The lowest BCUT2D eigenvalue weighted by molar-refractivity contribution is -0.126. The van der Waals surface area contributed by atoms with Gasteiger partial charge in [0.25, 0.3) is 0 Å². The Balaban J connectivity index is 2.37. The molecule has 0 heterocycles. The molecule has 2 aliphatic rings. The first-order valence-electron chi connectivity index (χ1n) is 6.37. The van der Waals surface area contributed by atoms with E-state index in [2.05, 4.69) is 5.32 Å². The molecule has 2 rings (SSSR count). The van der Waals surface area contributed by atoms with Gasteiger partial charge in [-0.05, 0) is 25.5 Å². The molecule has 1 fully saturated rings. The zero-order chi connectivity index (χ0) is 12.5. The van der Waals surface area contributed by atoms with Crippen LogP contribution in [0.5, 0.6) is 0 Å². The molecule has 0 amide bonds. The maximum absolute atomic E-state index is 13.7. The second kappa shape index (κ2) is 4.73. The van der Waals surface area contributed by atoms with Crippen LogP contribution in [0.2, 0.25) is 0 Å². The molecule has 3 heteroatoms. The largest absolute Gasteiger partial charge is 0.305 e. The summed E-state index contributed by atoms with van der Waals surface area (Å²) in [5.74, 6) is 0.00125. The lowest BCUT2D eigenvalue weighted by Crippen LogP contribution is -2.55. The van der Waals surface area contributed by atoms with Crippen LogP contribution < -0.4 is 5.32 Å². The minimum atomic E-state index is -0.977. The summed E-state index contributed by atoms with van der Waals surface area (Å²) < 4.78 is 13.7. The van der Waals surface area contributed by atoms with Gasteiger partial charge in [0.05, 0.1) is 5.54 Å². The van der Waals surface area contributed by atoms with Crippen LogP contribution in [0, 0.1) is 5.92 Å². The molecule has 0 aromatic carbocycles. The zero-order valence-corrected chi connectivity index (χ0v) is 10.5. The van der Waals surface area contributed by atoms with Crippen molar-refractivity contribution >= 4 is 5.78 Å². The van der Waals surface area contributed by atoms with E-state index in [4.69, 9.17) is 0 Å². The summed E-state index contributed by atoms with van der Waals surface area (Å²) in [4.78, 5) is 12.2. The molecule has 0 aliphatic heterocycles. The van der Waals surface area contributed by atoms with E-state index in [1.165, 1.54) is 0 Å². The second-order valence-electron chi connectivity index (χ2n) is 5.03. The van der Waals surface area contributed by atoms with Gasteiger partial charge in [0.1, 0.15) is 6.17 Å². The molecule has 0 aromatic heterocycles. The van der Waals surface area contributed by atoms with Crippen LogP contribution in [0.25, 0.3) is 0 Å². The number of carbonyl (C=O) groups excluding carboxylic acids is 1. The molecular formula is C14H20FNO. The van der Waals surface area contributed by atoms with Crippen LogP contribution in [-0.4, -0.2) is 24.5 Å². The number of halogens is 1. The van der Waals surface area contributed by atoms with Gasteiger partial charge >= 0.3 is 0 Å². The van der Waals surface area contributed by atoms with Gasteiger partial charge in [0.2, 0.25) is 0 Å². The van der Waals surface area contributed by atoms with Gasteiger partial charge in [-0.1, -0.05) is 31.6 Å². The van der Waals surface area contributed by atoms with E-state index in [1.54, 1.807) is 12.2 Å². The first-order chi connectivity index (χ1) is 8.12. The van der Waals surface area contributed by atoms with E-state index in [9.17, 15) is 9.18 Å². The molecule has 0 spiro atoms. The average molecular weight is 237 g/mol. The molecule has 94 valence electrons. The fraction of sp³-hybridized carbons (Fsp3) is 0.643. The predicted molar refractivity (Wildman–Crippen MR) is 66.5 cm³/mol. The summed E-state index contributed by atoms with van der Waals surface area (Å²) >= 11 is 0. The molecule has 0 bridgehead atoms. The Morgan fingerprint density at radius 2 is 2.24 bits per heavy atom. The summed E-state index contributed by atoms with van der Waals surface area (Å²) in [7, 11) is 1.81. The van der Waals surface area contributed by atoms with Crippen LogP contribution >= 0.6 is 0 Å². The lowest BCUT2D eigenvalue weighted by atomic mass is 9.69. The maximum Gasteiger partial charge on any atom is 0.157 e. The van der Waals surface area contributed by atoms with Crippen molar-refractivity contribution in [1.82, 2.24) is 5.32 Å². The molecule has 0 aromatic rings. The number of allylic oxidation sites excluding steroid dienone is 3. The van der Waals surface area contributed by atoms with Crippen LogP contribution in [-0.2, 0) is 4.79 Å². The number of alkyl halides is 1. The molecule has 1 N–H and O–H groups in total. The number of ketones is 1. The zero-order valence-electron chi connectivity index (χ0n) is 10.5. The number of nitrogens with one attached hydrogen (secondary N) is 1. The van der Waals surface area contributed by atoms with E-state index in [0.29, 0.717) is 6.42 Å². The average Bonchev–Trinajstić information content (AvgIpc) is 2.34. The van der Waals surface area contributed by atoms with Crippen LogP contribution in [0.4, 0.5) is 4.39 Å². The molecule has 2 aliphatic carbocycles. The van der Waals surface area contributed by atoms with Crippen LogP contribution in [0.3, 0.4) is 0 Å². The minimum Gasteiger partial charge on any atom is -0.305 e. The molecular weight excluding hydrogens is 217 g/mol. The molecule has 17 heavy (non-hydrogen) atoms. The monoisotopic (exact) mass is 237 g/mol. The third-order valence-corrected chi connectivity index (χ3v) is 4.14. The molecule has 2 nitrogen and oxygen atoms in total. The van der Waals surface area contributed by atoms with Crippen LogP contribution in [0.1, 0.15) is 32.6 Å². The Labute approximate surface area is 102 Å². The SMILES string of the molecule is CN[C@]1(C2=CC=CC(F)C2C)CCCCC1=O. The highest BCUT2D eigenvalue weighted by Crippen LogP contribution is 2.38. The number of likely N-dealkylation sites (N-methyl/N-ethyl adjacent to an activating group) is 1. The highest BCUT2D eigenvalue weighted by atomic mass is 19.1. The number of Topliss-reactive ketones (excluding diaryl/α,β-unsaturated/α-hetero) is 1. The third kappa shape index (κ3) is 1.97. The van der Waals surface area contributed by atoms with Crippen molar-refractivity contribution in [3.63, 3.8) is 0 Å². The minimum absolute atomic E-state index is 0.213. The Morgan fingerprint density at radius 3 is 2.88 bits per heavy atom. The Hall–Kier alpha value is -0.960. The van der Waals surface area contributed by atoms with Gasteiger partial charge < -0.3 is 5.32 Å². The van der Waals surface area contributed by atoms with Gasteiger partial charge in [-0.3, -0.25) is 4.79 Å². The smallest absolute Gasteiger partial charge is 0.157 e. The Morgan fingerprint density at radius 1 is 1.47 bits per heavy atom. The van der Waals surface area contributed by atoms with Crippen molar-refractivity contribution in [3.05, 3.63) is 23.8 Å². The van der Waals surface area contributed by atoms with Crippen molar-refractivity contribution in [2.24, 2.45) is 5.92 Å². The maximum atomic E-state index is 13.7. The summed E-state index contributed by atoms with van der Waals surface area (Å²) in [5.41, 5.74) is 0.298. The number of hydrogen-bond donors (Lipinski definition) is 1. The molecule has 0 radical (unpaired) electrons. The van der Waals surface area contributed by atoms with Gasteiger partial charge in [-0.2, -0.15) is 0 Å². The van der Waals surface area contributed by atoms with E-state index in [-0.39, 0.29) is 11.7 Å². The van der Waals surface area contributed by atoms with Gasteiger partial charge in [0.15, 0.2) is 5.78 Å². The quantitative estimate of drug-likeness (QED) is 0.799. The molecule has 0 saturated heterocycles. The third-order valence-electron chi connectivity index (χ3n) is 4.14. The van der Waals surface area contributed by atoms with E-state index < -0.39 is 11.7 Å². The first kappa shape index (κ1) is 12.5.